The van der Waals surface area contributed by atoms with E-state index in [-0.39, 0.29) is 0 Å². The molecule has 0 N–H and O–H groups in total. The smallest absolute Gasteiger partial charge is 0.138 e. The van der Waals surface area contributed by atoms with Crippen LogP contribution in [0.1, 0.15) is 5.56 Å². The molecule has 2 aliphatic rings. The van der Waals surface area contributed by atoms with Gasteiger partial charge < -0.3 is 23.8 Å². The molecule has 0 saturated carbocycles. The summed E-state index contributed by atoms with van der Waals surface area (Å²) in [7, 11) is 0. The molecule has 0 bridgehead atoms. The number of hydrogen-bond donors (Lipinski definition) is 0. The van der Waals surface area contributed by atoms with Crippen LogP contribution in [0.4, 0.5) is 11.5 Å². The van der Waals surface area contributed by atoms with Gasteiger partial charge in [-0.15, -0.1) is 0 Å². The maximum Gasteiger partial charge on any atom is 0.138 e. The van der Waals surface area contributed by atoms with Gasteiger partial charge in [0.2, 0.25) is 0 Å². The Labute approximate surface area is 199 Å². The highest BCUT2D eigenvalue weighted by molar-refractivity contribution is 5.94. The summed E-state index contributed by atoms with van der Waals surface area (Å²) in [4.78, 5) is 14.1. The van der Waals surface area contributed by atoms with Crippen molar-refractivity contribution < 1.29 is 9.47 Å². The SMILES string of the molecule is c1cc(-c2cc3c(ccn3Cc3ccncc3)c(N3CCOCC3)n2)cc(N2CCOCC2)c1. The number of anilines is 2. The summed E-state index contributed by atoms with van der Waals surface area (Å²) in [6, 6.07) is 17.3. The third-order valence-corrected chi connectivity index (χ3v) is 6.68. The predicted octanol–water partition coefficient (Wildman–Crippen LogP) is 3.82. The molecule has 0 unspecified atom stereocenters. The van der Waals surface area contributed by atoms with E-state index in [1.807, 2.05) is 12.4 Å². The zero-order chi connectivity index (χ0) is 22.7. The molecule has 1 aromatic carbocycles. The maximum atomic E-state index is 5.62. The normalized spacial score (nSPS) is 16.8. The number of fused-ring (bicyclic) bond motifs is 1. The highest BCUT2D eigenvalue weighted by Crippen LogP contribution is 2.33. The topological polar surface area (TPSA) is 55.7 Å². The fraction of sp³-hybridized carbons (Fsp3) is 0.333. The molecule has 0 amide bonds. The van der Waals surface area contributed by atoms with E-state index >= 15 is 0 Å². The van der Waals surface area contributed by atoms with Gasteiger partial charge in [-0.05, 0) is 42.0 Å². The number of nitrogens with zero attached hydrogens (tertiary/aromatic N) is 5. The number of aromatic nitrogens is 3. The first kappa shape index (κ1) is 21.1. The molecule has 0 radical (unpaired) electrons. The van der Waals surface area contributed by atoms with Crippen molar-refractivity contribution in [2.45, 2.75) is 6.54 Å². The minimum absolute atomic E-state index is 0.734. The summed E-state index contributed by atoms with van der Waals surface area (Å²) in [5.74, 6) is 1.04. The fourth-order valence-electron chi connectivity index (χ4n) is 4.84. The van der Waals surface area contributed by atoms with Crippen LogP contribution < -0.4 is 9.80 Å². The van der Waals surface area contributed by atoms with E-state index in [4.69, 9.17) is 14.5 Å². The number of pyridine rings is 2. The molecule has 2 fully saturated rings. The summed E-state index contributed by atoms with van der Waals surface area (Å²) in [5, 5.41) is 1.18. The maximum absolute atomic E-state index is 5.62. The van der Waals surface area contributed by atoms with Crippen LogP contribution in [0.15, 0.2) is 67.1 Å². The summed E-state index contributed by atoms with van der Waals surface area (Å²) < 4.78 is 13.5. The van der Waals surface area contributed by atoms with Gasteiger partial charge in [-0.3, -0.25) is 4.98 Å². The Kier molecular flexibility index (Phi) is 5.87. The van der Waals surface area contributed by atoms with Crippen molar-refractivity contribution in [3.63, 3.8) is 0 Å². The minimum Gasteiger partial charge on any atom is -0.378 e. The first-order chi connectivity index (χ1) is 16.8. The lowest BCUT2D eigenvalue weighted by Gasteiger charge is -2.30. The lowest BCUT2D eigenvalue weighted by Crippen LogP contribution is -2.37. The molecule has 6 rings (SSSR count). The van der Waals surface area contributed by atoms with E-state index in [1.54, 1.807) is 0 Å². The van der Waals surface area contributed by atoms with Crippen molar-refractivity contribution in [1.29, 1.82) is 0 Å². The zero-order valence-electron chi connectivity index (χ0n) is 19.3. The molecule has 5 heterocycles. The molecule has 7 heteroatoms. The highest BCUT2D eigenvalue weighted by atomic mass is 16.5. The van der Waals surface area contributed by atoms with Crippen molar-refractivity contribution in [1.82, 2.24) is 14.5 Å². The van der Waals surface area contributed by atoms with Crippen LogP contribution in [-0.2, 0) is 16.0 Å². The second-order valence-corrected chi connectivity index (χ2v) is 8.81. The second kappa shape index (κ2) is 9.44. The third-order valence-electron chi connectivity index (χ3n) is 6.68. The average Bonchev–Trinajstić information content (AvgIpc) is 3.32. The Bertz CT molecular complexity index is 1260. The van der Waals surface area contributed by atoms with E-state index < -0.39 is 0 Å². The molecule has 34 heavy (non-hydrogen) atoms. The van der Waals surface area contributed by atoms with Crippen LogP contribution in [0.3, 0.4) is 0 Å². The number of benzene rings is 1. The van der Waals surface area contributed by atoms with E-state index in [2.05, 4.69) is 74.1 Å². The first-order valence-electron chi connectivity index (χ1n) is 12.0. The summed E-state index contributed by atoms with van der Waals surface area (Å²) in [6.45, 7) is 7.37. The molecule has 0 spiro atoms. The summed E-state index contributed by atoms with van der Waals surface area (Å²) in [6.07, 6.45) is 5.87. The van der Waals surface area contributed by atoms with E-state index in [9.17, 15) is 0 Å². The standard InChI is InChI=1S/C27H29N5O2/c1-2-22(18-23(3-1)30-10-14-33-15-11-30)25-19-26-24(27(29-25)31-12-16-34-17-13-31)6-9-32(26)20-21-4-7-28-8-5-21/h1-9,18-19H,10-17,20H2. The van der Waals surface area contributed by atoms with Gasteiger partial charge in [0.1, 0.15) is 5.82 Å². The van der Waals surface area contributed by atoms with Crippen LogP contribution in [0.25, 0.3) is 22.2 Å². The van der Waals surface area contributed by atoms with Crippen LogP contribution >= 0.6 is 0 Å². The summed E-state index contributed by atoms with van der Waals surface area (Å²) >= 11 is 0. The zero-order valence-corrected chi connectivity index (χ0v) is 19.3. The average molecular weight is 456 g/mol. The lowest BCUT2D eigenvalue weighted by atomic mass is 10.1. The molecule has 7 nitrogen and oxygen atoms in total. The Morgan fingerprint density at radius 1 is 0.794 bits per heavy atom. The van der Waals surface area contributed by atoms with E-state index in [0.717, 1.165) is 76.2 Å². The minimum atomic E-state index is 0.734. The van der Waals surface area contributed by atoms with Gasteiger partial charge in [0.25, 0.3) is 0 Å². The molecule has 0 atom stereocenters. The Balaban J connectivity index is 1.44. The number of rotatable bonds is 5. The summed E-state index contributed by atoms with van der Waals surface area (Å²) in [5.41, 5.74) is 5.78. The van der Waals surface area contributed by atoms with Crippen molar-refractivity contribution in [3.8, 4) is 11.3 Å². The molecule has 4 aromatic rings. The largest absolute Gasteiger partial charge is 0.378 e. The Morgan fingerprint density at radius 3 is 2.29 bits per heavy atom. The monoisotopic (exact) mass is 455 g/mol. The number of hydrogen-bond acceptors (Lipinski definition) is 6. The molecule has 2 aliphatic heterocycles. The fourth-order valence-corrected chi connectivity index (χ4v) is 4.84. The number of morpholine rings is 2. The lowest BCUT2D eigenvalue weighted by molar-refractivity contribution is 0.122. The Morgan fingerprint density at radius 2 is 1.53 bits per heavy atom. The van der Waals surface area contributed by atoms with Crippen LogP contribution in [0.2, 0.25) is 0 Å². The van der Waals surface area contributed by atoms with Gasteiger partial charge in [0.15, 0.2) is 0 Å². The van der Waals surface area contributed by atoms with Crippen LogP contribution in [0, 0.1) is 0 Å². The van der Waals surface area contributed by atoms with Gasteiger partial charge in [0.05, 0.1) is 37.6 Å². The molecule has 3 aromatic heterocycles. The molecule has 0 aliphatic carbocycles. The van der Waals surface area contributed by atoms with Gasteiger partial charge in [-0.1, -0.05) is 12.1 Å². The van der Waals surface area contributed by atoms with Crippen molar-refractivity contribution in [2.24, 2.45) is 0 Å². The third kappa shape index (κ3) is 4.24. The van der Waals surface area contributed by atoms with Crippen LogP contribution in [0.5, 0.6) is 0 Å². The molecular formula is C27H29N5O2. The molecule has 2 saturated heterocycles. The molecule has 174 valence electrons. The van der Waals surface area contributed by atoms with Gasteiger partial charge in [-0.25, -0.2) is 4.98 Å². The van der Waals surface area contributed by atoms with Crippen molar-refractivity contribution in [3.05, 3.63) is 72.7 Å². The first-order valence-corrected chi connectivity index (χ1v) is 12.0. The van der Waals surface area contributed by atoms with E-state index in [1.165, 1.54) is 22.2 Å². The van der Waals surface area contributed by atoms with Gasteiger partial charge in [-0.2, -0.15) is 0 Å². The van der Waals surface area contributed by atoms with Crippen molar-refractivity contribution >= 4 is 22.4 Å². The highest BCUT2D eigenvalue weighted by Gasteiger charge is 2.20. The van der Waals surface area contributed by atoms with Gasteiger partial charge >= 0.3 is 0 Å². The number of ether oxygens (including phenoxy) is 2. The second-order valence-electron chi connectivity index (χ2n) is 8.81. The van der Waals surface area contributed by atoms with Crippen molar-refractivity contribution in [2.75, 3.05) is 62.4 Å². The predicted molar refractivity (Wildman–Crippen MR) is 135 cm³/mol. The quantitative estimate of drug-likeness (QED) is 0.456. The van der Waals surface area contributed by atoms with E-state index in [0.29, 0.717) is 0 Å². The Hall–Kier alpha value is -3.42. The van der Waals surface area contributed by atoms with Crippen LogP contribution in [-0.4, -0.2) is 67.1 Å². The molecular weight excluding hydrogens is 426 g/mol. The van der Waals surface area contributed by atoms with Gasteiger partial charge in [0, 0.05) is 68.0 Å².